The van der Waals surface area contributed by atoms with E-state index in [0.29, 0.717) is 22.6 Å². The zero-order valence-corrected chi connectivity index (χ0v) is 14.5. The highest BCUT2D eigenvalue weighted by Gasteiger charge is 2.05. The lowest BCUT2D eigenvalue weighted by atomic mass is 10.1. The molecule has 0 spiro atoms. The Morgan fingerprint density at radius 2 is 1.35 bits per heavy atom. The lowest BCUT2D eigenvalue weighted by molar-refractivity contribution is 0.101. The third-order valence-electron chi connectivity index (χ3n) is 3.45. The molecule has 0 heterocycles. The van der Waals surface area contributed by atoms with E-state index in [9.17, 15) is 9.59 Å². The molecule has 26 heavy (non-hydrogen) atoms. The topological polar surface area (TPSA) is 132 Å². The van der Waals surface area contributed by atoms with Crippen molar-refractivity contribution in [2.24, 2.45) is 10.8 Å². The molecule has 0 fully saturated rings. The summed E-state index contributed by atoms with van der Waals surface area (Å²) < 4.78 is 0. The SMILES string of the molecule is CC(=O)c1ccc(NC(=O)Nc2ccc(/C(C)=N/NC(=N)N)cc2)cc1. The number of anilines is 2. The quantitative estimate of drug-likeness (QED) is 0.245. The molecule has 0 aliphatic rings. The highest BCUT2D eigenvalue weighted by Crippen LogP contribution is 2.13. The third-order valence-corrected chi connectivity index (χ3v) is 3.45. The number of rotatable bonds is 5. The fourth-order valence-electron chi connectivity index (χ4n) is 2.09. The molecule has 0 aliphatic heterocycles. The van der Waals surface area contributed by atoms with E-state index in [0.717, 1.165) is 5.56 Å². The van der Waals surface area contributed by atoms with Crippen molar-refractivity contribution in [1.82, 2.24) is 5.43 Å². The lowest BCUT2D eigenvalue weighted by Gasteiger charge is -2.09. The first-order valence-electron chi connectivity index (χ1n) is 7.79. The van der Waals surface area contributed by atoms with Gasteiger partial charge in [-0.05, 0) is 55.8 Å². The average molecular weight is 352 g/mol. The van der Waals surface area contributed by atoms with Gasteiger partial charge in [0, 0.05) is 16.9 Å². The van der Waals surface area contributed by atoms with Gasteiger partial charge >= 0.3 is 6.03 Å². The molecule has 8 heteroatoms. The molecule has 2 aromatic carbocycles. The van der Waals surface area contributed by atoms with Gasteiger partial charge in [-0.15, -0.1) is 0 Å². The Morgan fingerprint density at radius 1 is 0.885 bits per heavy atom. The Morgan fingerprint density at radius 3 is 1.77 bits per heavy atom. The van der Waals surface area contributed by atoms with Gasteiger partial charge in [0.05, 0.1) is 5.71 Å². The van der Waals surface area contributed by atoms with Crippen molar-refractivity contribution in [3.63, 3.8) is 0 Å². The van der Waals surface area contributed by atoms with Gasteiger partial charge in [-0.1, -0.05) is 12.1 Å². The Balaban J connectivity index is 1.95. The summed E-state index contributed by atoms with van der Waals surface area (Å²) in [5, 5.41) is 16.4. The molecular formula is C18H20N6O2. The minimum atomic E-state index is -0.392. The number of Topliss-reactive ketones (excluding diaryl/α,β-unsaturated/α-hetero) is 1. The molecule has 8 nitrogen and oxygen atoms in total. The van der Waals surface area contributed by atoms with E-state index in [4.69, 9.17) is 11.1 Å². The predicted octanol–water partition coefficient (Wildman–Crippen LogP) is 2.74. The van der Waals surface area contributed by atoms with Crippen LogP contribution in [0.2, 0.25) is 0 Å². The second-order valence-electron chi connectivity index (χ2n) is 5.51. The fraction of sp³-hybridized carbons (Fsp3) is 0.111. The monoisotopic (exact) mass is 352 g/mol. The summed E-state index contributed by atoms with van der Waals surface area (Å²) in [6.45, 7) is 3.26. The molecule has 0 unspecified atom stereocenters. The number of ketones is 1. The third kappa shape index (κ3) is 5.45. The molecule has 6 N–H and O–H groups in total. The van der Waals surface area contributed by atoms with Gasteiger partial charge in [-0.25, -0.2) is 10.2 Å². The van der Waals surface area contributed by atoms with Crippen molar-refractivity contribution in [3.05, 3.63) is 59.7 Å². The summed E-state index contributed by atoms with van der Waals surface area (Å²) in [5.74, 6) is -0.269. The van der Waals surface area contributed by atoms with Gasteiger partial charge in [0.25, 0.3) is 0 Å². The number of amides is 2. The fourth-order valence-corrected chi connectivity index (χ4v) is 2.09. The minimum absolute atomic E-state index is 0.0292. The molecule has 0 aliphatic carbocycles. The van der Waals surface area contributed by atoms with E-state index >= 15 is 0 Å². The van der Waals surface area contributed by atoms with E-state index in [2.05, 4.69) is 21.2 Å². The summed E-state index contributed by atoms with van der Waals surface area (Å²) >= 11 is 0. The zero-order valence-electron chi connectivity index (χ0n) is 14.5. The molecule has 0 saturated carbocycles. The molecule has 134 valence electrons. The van der Waals surface area contributed by atoms with Crippen LogP contribution in [-0.2, 0) is 0 Å². The summed E-state index contributed by atoms with van der Waals surface area (Å²) in [6, 6.07) is 13.3. The second kappa shape index (κ2) is 8.43. The number of hydrogen-bond donors (Lipinski definition) is 5. The van der Waals surface area contributed by atoms with E-state index in [1.54, 1.807) is 55.5 Å². The van der Waals surface area contributed by atoms with Crippen LogP contribution in [0, 0.1) is 5.41 Å². The van der Waals surface area contributed by atoms with Gasteiger partial charge in [-0.3, -0.25) is 10.2 Å². The predicted molar refractivity (Wildman–Crippen MR) is 103 cm³/mol. The first-order chi connectivity index (χ1) is 12.3. The van der Waals surface area contributed by atoms with Crippen molar-refractivity contribution >= 4 is 34.9 Å². The van der Waals surface area contributed by atoms with Crippen LogP contribution in [0.1, 0.15) is 29.8 Å². The molecule has 0 atom stereocenters. The number of urea groups is 1. The second-order valence-corrected chi connectivity index (χ2v) is 5.51. The van der Waals surface area contributed by atoms with Crippen molar-refractivity contribution in [2.75, 3.05) is 10.6 Å². The number of guanidine groups is 1. The van der Waals surface area contributed by atoms with Crippen LogP contribution in [-0.4, -0.2) is 23.5 Å². The lowest BCUT2D eigenvalue weighted by Crippen LogP contribution is -2.26. The summed E-state index contributed by atoms with van der Waals surface area (Å²) in [7, 11) is 0. The number of carbonyl (C=O) groups is 2. The maximum Gasteiger partial charge on any atom is 0.323 e. The van der Waals surface area contributed by atoms with Gasteiger partial charge < -0.3 is 16.4 Å². The smallest absolute Gasteiger partial charge is 0.323 e. The average Bonchev–Trinajstić information content (AvgIpc) is 2.60. The van der Waals surface area contributed by atoms with Crippen molar-refractivity contribution in [1.29, 1.82) is 5.41 Å². The summed E-state index contributed by atoms with van der Waals surface area (Å²) in [5.41, 5.74) is 10.8. The van der Waals surface area contributed by atoms with Crippen LogP contribution >= 0.6 is 0 Å². The highest BCUT2D eigenvalue weighted by molar-refractivity contribution is 6.02. The van der Waals surface area contributed by atoms with Gasteiger partial charge in [0.1, 0.15) is 0 Å². The highest BCUT2D eigenvalue weighted by atomic mass is 16.2. The number of benzene rings is 2. The van der Waals surface area contributed by atoms with Crippen molar-refractivity contribution in [2.45, 2.75) is 13.8 Å². The Labute approximate surface area is 151 Å². The number of carbonyl (C=O) groups excluding carboxylic acids is 2. The molecule has 2 rings (SSSR count). The molecule has 0 bridgehead atoms. The van der Waals surface area contributed by atoms with E-state index < -0.39 is 6.03 Å². The van der Waals surface area contributed by atoms with Crippen LogP contribution in [0.25, 0.3) is 0 Å². The maximum absolute atomic E-state index is 12.0. The van der Waals surface area contributed by atoms with Crippen LogP contribution < -0.4 is 21.8 Å². The van der Waals surface area contributed by atoms with Crippen LogP contribution in [0.5, 0.6) is 0 Å². The standard InChI is InChI=1S/C18H20N6O2/c1-11(23-24-17(19)20)13-3-7-15(8-4-13)21-18(26)22-16-9-5-14(6-10-16)12(2)25/h3-10H,1-2H3,(H4,19,20,24)(H2,21,22,26)/b23-11+. The van der Waals surface area contributed by atoms with Crippen LogP contribution in [0.15, 0.2) is 53.6 Å². The molecule has 0 saturated heterocycles. The van der Waals surface area contributed by atoms with E-state index in [1.165, 1.54) is 6.92 Å². The number of hydrogen-bond acceptors (Lipinski definition) is 4. The molecule has 0 radical (unpaired) electrons. The van der Waals surface area contributed by atoms with Crippen molar-refractivity contribution < 1.29 is 9.59 Å². The van der Waals surface area contributed by atoms with Crippen LogP contribution in [0.4, 0.5) is 16.2 Å². The van der Waals surface area contributed by atoms with Gasteiger partial charge in [-0.2, -0.15) is 5.10 Å². The first kappa shape index (κ1) is 18.7. The number of nitrogens with two attached hydrogens (primary N) is 1. The largest absolute Gasteiger partial charge is 0.369 e. The molecule has 0 aromatic heterocycles. The normalized spacial score (nSPS) is 10.8. The number of nitrogens with one attached hydrogen (secondary N) is 4. The minimum Gasteiger partial charge on any atom is -0.369 e. The Bertz CT molecular complexity index is 841. The van der Waals surface area contributed by atoms with E-state index in [-0.39, 0.29) is 11.7 Å². The van der Waals surface area contributed by atoms with E-state index in [1.807, 2.05) is 0 Å². The number of hydrazone groups is 1. The Hall–Kier alpha value is -3.68. The molecular weight excluding hydrogens is 332 g/mol. The summed E-state index contributed by atoms with van der Waals surface area (Å²) in [4.78, 5) is 23.3. The van der Waals surface area contributed by atoms with Crippen LogP contribution in [0.3, 0.4) is 0 Å². The van der Waals surface area contributed by atoms with Gasteiger partial charge in [0.15, 0.2) is 5.78 Å². The summed E-state index contributed by atoms with van der Waals surface area (Å²) in [6.07, 6.45) is 0. The first-order valence-corrected chi connectivity index (χ1v) is 7.79. The number of nitrogens with zero attached hydrogens (tertiary/aromatic N) is 1. The van der Waals surface area contributed by atoms with Crippen molar-refractivity contribution in [3.8, 4) is 0 Å². The zero-order chi connectivity index (χ0) is 19.1. The Kier molecular flexibility index (Phi) is 6.05. The maximum atomic E-state index is 12.0. The van der Waals surface area contributed by atoms with Gasteiger partial charge in [0.2, 0.25) is 5.96 Å². The molecule has 2 amide bonds. The molecule has 2 aromatic rings.